The predicted molar refractivity (Wildman–Crippen MR) is 146 cm³/mol. The van der Waals surface area contributed by atoms with Crippen LogP contribution in [0.15, 0.2) is 78.9 Å². The Morgan fingerprint density at radius 2 is 1.62 bits per heavy atom. The Bertz CT molecular complexity index is 1330. The van der Waals surface area contributed by atoms with Crippen LogP contribution in [0.25, 0.3) is 0 Å². The molecule has 2 aliphatic rings. The number of likely N-dealkylation sites (N-methyl/N-ethyl adjacent to an activating group) is 1. The van der Waals surface area contributed by atoms with E-state index in [-0.39, 0.29) is 30.9 Å². The molecule has 3 aromatic rings. The van der Waals surface area contributed by atoms with Crippen LogP contribution in [-0.4, -0.2) is 71.1 Å². The van der Waals surface area contributed by atoms with Gasteiger partial charge in [0.1, 0.15) is 18.0 Å². The molecule has 9 nitrogen and oxygen atoms in total. The van der Waals surface area contributed by atoms with E-state index in [0.29, 0.717) is 13.1 Å². The molecular weight excluding hydrogens is 494 g/mol. The van der Waals surface area contributed by atoms with E-state index in [9.17, 15) is 14.4 Å². The van der Waals surface area contributed by atoms with Crippen LogP contribution in [0.2, 0.25) is 0 Å². The van der Waals surface area contributed by atoms with E-state index < -0.39 is 12.2 Å². The van der Waals surface area contributed by atoms with E-state index in [0.717, 1.165) is 28.0 Å². The van der Waals surface area contributed by atoms with Gasteiger partial charge in [-0.15, -0.1) is 0 Å². The molecule has 9 heteroatoms. The molecule has 39 heavy (non-hydrogen) atoms. The lowest BCUT2D eigenvalue weighted by Gasteiger charge is -2.54. The van der Waals surface area contributed by atoms with Gasteiger partial charge < -0.3 is 19.9 Å². The topological polar surface area (TPSA) is 85.4 Å². The van der Waals surface area contributed by atoms with Crippen LogP contribution < -0.4 is 10.1 Å². The van der Waals surface area contributed by atoms with Crippen molar-refractivity contribution in [3.63, 3.8) is 0 Å². The molecule has 202 valence electrons. The minimum atomic E-state index is -0.825. The summed E-state index contributed by atoms with van der Waals surface area (Å²) in [7, 11) is 3.33. The first kappa shape index (κ1) is 26.2. The van der Waals surface area contributed by atoms with E-state index in [1.165, 1.54) is 0 Å². The highest BCUT2D eigenvalue weighted by Crippen LogP contribution is 2.35. The van der Waals surface area contributed by atoms with Crippen molar-refractivity contribution in [1.29, 1.82) is 0 Å². The van der Waals surface area contributed by atoms with Crippen LogP contribution in [-0.2, 0) is 22.7 Å². The van der Waals surface area contributed by atoms with Crippen molar-refractivity contribution >= 4 is 17.8 Å². The maximum absolute atomic E-state index is 13.9. The molecule has 2 heterocycles. The normalized spacial score (nSPS) is 19.6. The van der Waals surface area contributed by atoms with Crippen LogP contribution in [0.4, 0.5) is 4.79 Å². The number of carbonyl (C=O) groups excluding carboxylic acids is 3. The summed E-state index contributed by atoms with van der Waals surface area (Å²) in [5.41, 5.74) is 3.76. The Kier molecular flexibility index (Phi) is 7.51. The van der Waals surface area contributed by atoms with Gasteiger partial charge in [-0.2, -0.15) is 0 Å². The number of piperazine rings is 1. The van der Waals surface area contributed by atoms with Crippen LogP contribution >= 0.6 is 0 Å². The molecule has 2 aliphatic heterocycles. The van der Waals surface area contributed by atoms with E-state index in [2.05, 4.69) is 5.32 Å². The number of hydrogen-bond acceptors (Lipinski definition) is 5. The second-order valence-corrected chi connectivity index (χ2v) is 9.97. The molecule has 2 atom stereocenters. The van der Waals surface area contributed by atoms with Gasteiger partial charge in [-0.3, -0.25) is 9.59 Å². The van der Waals surface area contributed by atoms with Crippen molar-refractivity contribution in [2.75, 3.05) is 27.2 Å². The van der Waals surface area contributed by atoms with E-state index in [1.807, 2.05) is 85.8 Å². The number of rotatable bonds is 6. The summed E-state index contributed by atoms with van der Waals surface area (Å²) >= 11 is 0. The van der Waals surface area contributed by atoms with Gasteiger partial charge in [0.2, 0.25) is 5.91 Å². The molecule has 2 fully saturated rings. The molecule has 0 bridgehead atoms. The minimum absolute atomic E-state index is 0.0129. The zero-order valence-corrected chi connectivity index (χ0v) is 22.4. The molecule has 4 amide bonds. The molecule has 2 saturated heterocycles. The Morgan fingerprint density at radius 1 is 0.949 bits per heavy atom. The first-order valence-electron chi connectivity index (χ1n) is 13.0. The van der Waals surface area contributed by atoms with Gasteiger partial charge in [0, 0.05) is 20.1 Å². The summed E-state index contributed by atoms with van der Waals surface area (Å²) in [6.45, 7) is 2.89. The molecule has 1 unspecified atom stereocenters. The number of amides is 4. The number of nitrogens with one attached hydrogen (secondary N) is 1. The van der Waals surface area contributed by atoms with Gasteiger partial charge >= 0.3 is 6.03 Å². The number of fused-ring (bicyclic) bond motifs is 1. The molecule has 3 aromatic carbocycles. The van der Waals surface area contributed by atoms with Gasteiger partial charge in [0.15, 0.2) is 0 Å². The lowest BCUT2D eigenvalue weighted by Crippen LogP contribution is -2.73. The zero-order chi connectivity index (χ0) is 27.5. The Labute approximate surface area is 228 Å². The summed E-state index contributed by atoms with van der Waals surface area (Å²) in [4.78, 5) is 44.3. The SMILES string of the molecule is COc1ccc(CNC(=O)N2[C@H]3CN(Cc4ccc(C)cc4)C(=O)C(c4ccccc4)N3C(=O)CN2C)cc1. The summed E-state index contributed by atoms with van der Waals surface area (Å²) in [5, 5.41) is 6.18. The van der Waals surface area contributed by atoms with Crippen LogP contribution in [0.5, 0.6) is 5.75 Å². The third kappa shape index (κ3) is 5.44. The fourth-order valence-corrected chi connectivity index (χ4v) is 5.21. The third-order valence-corrected chi connectivity index (χ3v) is 7.25. The summed E-state index contributed by atoms with van der Waals surface area (Å²) in [6.07, 6.45) is -0.666. The van der Waals surface area contributed by atoms with Crippen LogP contribution in [0, 0.1) is 6.92 Å². The highest BCUT2D eigenvalue weighted by molar-refractivity contribution is 5.92. The molecule has 5 rings (SSSR count). The van der Waals surface area contributed by atoms with Crippen LogP contribution in [0.1, 0.15) is 28.3 Å². The molecule has 0 spiro atoms. The van der Waals surface area contributed by atoms with Gasteiger partial charge in [-0.25, -0.2) is 14.8 Å². The fraction of sp³-hybridized carbons (Fsp3) is 0.300. The lowest BCUT2D eigenvalue weighted by atomic mass is 9.98. The number of hydrazine groups is 1. The number of methoxy groups -OCH3 is 1. The standard InChI is InChI=1S/C30H33N5O4/c1-21-9-11-23(12-10-21)18-33-19-26-34(28(29(33)37)24-7-5-4-6-8-24)27(36)20-32(2)35(26)30(38)31-17-22-13-15-25(39-3)16-14-22/h4-16,26,28H,17-20H2,1-3H3,(H,31,38)/t26-,28?/m0/s1. The highest BCUT2D eigenvalue weighted by atomic mass is 16.5. The van der Waals surface area contributed by atoms with Crippen molar-refractivity contribution < 1.29 is 19.1 Å². The van der Waals surface area contributed by atoms with Crippen molar-refractivity contribution in [3.05, 3.63) is 101 Å². The smallest absolute Gasteiger partial charge is 0.334 e. The van der Waals surface area contributed by atoms with Crippen molar-refractivity contribution in [1.82, 2.24) is 25.1 Å². The largest absolute Gasteiger partial charge is 0.497 e. The highest BCUT2D eigenvalue weighted by Gasteiger charge is 2.51. The fourth-order valence-electron chi connectivity index (χ4n) is 5.21. The number of hydrogen-bond donors (Lipinski definition) is 1. The average molecular weight is 528 g/mol. The number of aryl methyl sites for hydroxylation is 1. The number of urea groups is 1. The van der Waals surface area contributed by atoms with Gasteiger partial charge in [-0.1, -0.05) is 72.3 Å². The Hall–Kier alpha value is -4.37. The van der Waals surface area contributed by atoms with E-state index >= 15 is 0 Å². The number of ether oxygens (including phenoxy) is 1. The molecule has 0 radical (unpaired) electrons. The third-order valence-electron chi connectivity index (χ3n) is 7.25. The van der Waals surface area contributed by atoms with Crippen molar-refractivity contribution in [3.8, 4) is 5.75 Å². The molecule has 1 N–H and O–H groups in total. The van der Waals surface area contributed by atoms with Gasteiger partial charge in [0.05, 0.1) is 20.2 Å². The van der Waals surface area contributed by atoms with Crippen LogP contribution in [0.3, 0.4) is 0 Å². The predicted octanol–water partition coefficient (Wildman–Crippen LogP) is 3.31. The number of nitrogens with zero attached hydrogens (tertiary/aromatic N) is 4. The second-order valence-electron chi connectivity index (χ2n) is 9.97. The minimum Gasteiger partial charge on any atom is -0.497 e. The average Bonchev–Trinajstić information content (AvgIpc) is 2.94. The van der Waals surface area contributed by atoms with E-state index in [1.54, 1.807) is 34.0 Å². The molecular formula is C30H33N5O4. The maximum atomic E-state index is 13.9. The first-order valence-corrected chi connectivity index (χ1v) is 13.0. The Balaban J connectivity index is 1.44. The van der Waals surface area contributed by atoms with Gasteiger partial charge in [-0.05, 0) is 35.7 Å². The monoisotopic (exact) mass is 527 g/mol. The quantitative estimate of drug-likeness (QED) is 0.532. The molecule has 0 aromatic heterocycles. The first-order chi connectivity index (χ1) is 18.9. The maximum Gasteiger partial charge on any atom is 0.334 e. The molecule has 0 saturated carbocycles. The second kappa shape index (κ2) is 11.2. The lowest BCUT2D eigenvalue weighted by molar-refractivity contribution is -0.188. The van der Waals surface area contributed by atoms with Crippen molar-refractivity contribution in [2.24, 2.45) is 0 Å². The summed E-state index contributed by atoms with van der Waals surface area (Å²) in [5.74, 6) is 0.385. The Morgan fingerprint density at radius 3 is 2.28 bits per heavy atom. The molecule has 0 aliphatic carbocycles. The zero-order valence-electron chi connectivity index (χ0n) is 22.4. The van der Waals surface area contributed by atoms with Crippen molar-refractivity contribution in [2.45, 2.75) is 32.2 Å². The summed E-state index contributed by atoms with van der Waals surface area (Å²) < 4.78 is 5.21. The van der Waals surface area contributed by atoms with Gasteiger partial charge in [0.25, 0.3) is 5.91 Å². The summed E-state index contributed by atoms with van der Waals surface area (Å²) in [6, 6.07) is 23.6. The number of carbonyl (C=O) groups is 3. The van der Waals surface area contributed by atoms with E-state index in [4.69, 9.17) is 4.74 Å². The number of benzene rings is 3.